The third-order valence-corrected chi connectivity index (χ3v) is 3.57. The number of likely N-dealkylation sites (tertiary alicyclic amines) is 1. The SMILES string of the molecule is CC1CC(C)CN(CCNC(=O)c2ccc(=O)[nH]n2)C1. The smallest absolute Gasteiger partial charge is 0.271 e. The first-order chi connectivity index (χ1) is 9.54. The van der Waals surface area contributed by atoms with Gasteiger partial charge >= 0.3 is 0 Å². The molecule has 110 valence electrons. The molecule has 2 N–H and O–H groups in total. The highest BCUT2D eigenvalue weighted by molar-refractivity contribution is 5.91. The van der Waals surface area contributed by atoms with Gasteiger partial charge in [-0.25, -0.2) is 5.10 Å². The average molecular weight is 278 g/mol. The van der Waals surface area contributed by atoms with Crippen LogP contribution < -0.4 is 10.9 Å². The van der Waals surface area contributed by atoms with Crippen molar-refractivity contribution in [3.05, 3.63) is 28.2 Å². The Labute approximate surface area is 118 Å². The highest BCUT2D eigenvalue weighted by Gasteiger charge is 2.21. The molecule has 0 spiro atoms. The van der Waals surface area contributed by atoms with Crippen molar-refractivity contribution in [2.45, 2.75) is 20.3 Å². The lowest BCUT2D eigenvalue weighted by molar-refractivity contribution is 0.0930. The lowest BCUT2D eigenvalue weighted by atomic mass is 9.92. The molecular weight excluding hydrogens is 256 g/mol. The Morgan fingerprint density at radius 3 is 2.70 bits per heavy atom. The third kappa shape index (κ3) is 4.16. The van der Waals surface area contributed by atoms with Gasteiger partial charge in [-0.05, 0) is 24.3 Å². The Balaban J connectivity index is 1.76. The number of piperidine rings is 1. The first kappa shape index (κ1) is 14.7. The maximum atomic E-state index is 11.8. The summed E-state index contributed by atoms with van der Waals surface area (Å²) in [4.78, 5) is 25.1. The first-order valence-electron chi connectivity index (χ1n) is 7.11. The van der Waals surface area contributed by atoms with Crippen LogP contribution in [0.2, 0.25) is 0 Å². The molecule has 1 aromatic rings. The molecule has 0 radical (unpaired) electrons. The summed E-state index contributed by atoms with van der Waals surface area (Å²) in [6.45, 7) is 8.17. The van der Waals surface area contributed by atoms with E-state index in [9.17, 15) is 9.59 Å². The first-order valence-corrected chi connectivity index (χ1v) is 7.11. The third-order valence-electron chi connectivity index (χ3n) is 3.57. The molecule has 0 saturated carbocycles. The maximum absolute atomic E-state index is 11.8. The highest BCUT2D eigenvalue weighted by Crippen LogP contribution is 2.20. The zero-order valence-electron chi connectivity index (χ0n) is 12.1. The lowest BCUT2D eigenvalue weighted by Crippen LogP contribution is -2.43. The van der Waals surface area contributed by atoms with E-state index in [1.54, 1.807) is 0 Å². The standard InChI is InChI=1S/C14H22N4O2/c1-10-7-11(2)9-18(8-10)6-5-15-14(20)12-3-4-13(19)17-16-12/h3-4,10-11H,5-9H2,1-2H3,(H,15,20)(H,17,19). The molecule has 0 aliphatic carbocycles. The summed E-state index contributed by atoms with van der Waals surface area (Å²) >= 11 is 0. The number of nitrogens with zero attached hydrogens (tertiary/aromatic N) is 2. The van der Waals surface area contributed by atoms with Gasteiger partial charge in [-0.15, -0.1) is 0 Å². The quantitative estimate of drug-likeness (QED) is 0.839. The van der Waals surface area contributed by atoms with Crippen molar-refractivity contribution in [1.29, 1.82) is 0 Å². The van der Waals surface area contributed by atoms with Gasteiger partial charge in [-0.2, -0.15) is 5.10 Å². The number of nitrogens with one attached hydrogen (secondary N) is 2. The molecule has 1 saturated heterocycles. The molecule has 2 unspecified atom stereocenters. The fraction of sp³-hybridized carbons (Fsp3) is 0.643. The van der Waals surface area contributed by atoms with Crippen molar-refractivity contribution in [2.75, 3.05) is 26.2 Å². The van der Waals surface area contributed by atoms with E-state index in [-0.39, 0.29) is 17.2 Å². The Morgan fingerprint density at radius 2 is 2.10 bits per heavy atom. The van der Waals surface area contributed by atoms with Crippen molar-refractivity contribution < 1.29 is 4.79 Å². The van der Waals surface area contributed by atoms with Gasteiger partial charge in [0.1, 0.15) is 5.69 Å². The number of hydrogen-bond acceptors (Lipinski definition) is 4. The van der Waals surface area contributed by atoms with E-state index in [0.29, 0.717) is 6.54 Å². The van der Waals surface area contributed by atoms with Crippen LogP contribution >= 0.6 is 0 Å². The predicted octanol–water partition coefficient (Wildman–Crippen LogP) is 0.478. The summed E-state index contributed by atoms with van der Waals surface area (Å²) in [6, 6.07) is 2.73. The van der Waals surface area contributed by atoms with Gasteiger partial charge in [0.25, 0.3) is 11.5 Å². The molecule has 1 aliphatic rings. The van der Waals surface area contributed by atoms with Crippen LogP contribution in [0.15, 0.2) is 16.9 Å². The van der Waals surface area contributed by atoms with Crippen LogP contribution in [0.25, 0.3) is 0 Å². The zero-order chi connectivity index (χ0) is 14.5. The van der Waals surface area contributed by atoms with Crippen molar-refractivity contribution in [2.24, 2.45) is 11.8 Å². The zero-order valence-corrected chi connectivity index (χ0v) is 12.1. The molecule has 0 aromatic carbocycles. The molecule has 1 aromatic heterocycles. The largest absolute Gasteiger partial charge is 0.349 e. The number of rotatable bonds is 4. The summed E-state index contributed by atoms with van der Waals surface area (Å²) in [5.74, 6) is 1.19. The molecule has 1 amide bonds. The molecule has 1 aliphatic heterocycles. The van der Waals surface area contributed by atoms with E-state index in [1.807, 2.05) is 0 Å². The number of H-pyrrole nitrogens is 1. The summed E-state index contributed by atoms with van der Waals surface area (Å²) in [6.07, 6.45) is 1.28. The topological polar surface area (TPSA) is 78.1 Å². The van der Waals surface area contributed by atoms with Gasteiger partial charge in [0.2, 0.25) is 0 Å². The molecule has 2 atom stereocenters. The van der Waals surface area contributed by atoms with Crippen LogP contribution in [-0.2, 0) is 0 Å². The second kappa shape index (κ2) is 6.65. The van der Waals surface area contributed by atoms with Crippen molar-refractivity contribution in [1.82, 2.24) is 20.4 Å². The molecule has 2 rings (SSSR count). The number of aromatic amines is 1. The van der Waals surface area contributed by atoms with Crippen LogP contribution in [0.1, 0.15) is 30.8 Å². The monoisotopic (exact) mass is 278 g/mol. The number of amides is 1. The summed E-state index contributed by atoms with van der Waals surface area (Å²) in [5, 5.41) is 8.79. The minimum Gasteiger partial charge on any atom is -0.349 e. The van der Waals surface area contributed by atoms with E-state index < -0.39 is 0 Å². The Kier molecular flexibility index (Phi) is 4.89. The highest BCUT2D eigenvalue weighted by atomic mass is 16.2. The van der Waals surface area contributed by atoms with Crippen LogP contribution in [0.4, 0.5) is 0 Å². The second-order valence-corrected chi connectivity index (χ2v) is 5.77. The van der Waals surface area contributed by atoms with Crippen LogP contribution in [0.3, 0.4) is 0 Å². The Bertz CT molecular complexity index is 484. The fourth-order valence-electron chi connectivity index (χ4n) is 2.86. The normalized spacial score (nSPS) is 23.5. The molecular formula is C14H22N4O2. The molecule has 0 bridgehead atoms. The summed E-state index contributed by atoms with van der Waals surface area (Å²) in [5.41, 5.74) is -0.0668. The molecule has 1 fully saturated rings. The van der Waals surface area contributed by atoms with Gasteiger partial charge in [-0.1, -0.05) is 13.8 Å². The summed E-state index contributed by atoms with van der Waals surface area (Å²) in [7, 11) is 0. The minimum atomic E-state index is -0.308. The van der Waals surface area contributed by atoms with Crippen molar-refractivity contribution in [3.63, 3.8) is 0 Å². The van der Waals surface area contributed by atoms with Gasteiger partial charge in [0, 0.05) is 32.2 Å². The molecule has 2 heterocycles. The number of carbonyl (C=O) groups excluding carboxylic acids is 1. The fourth-order valence-corrected chi connectivity index (χ4v) is 2.86. The van der Waals surface area contributed by atoms with Crippen LogP contribution in [0.5, 0.6) is 0 Å². The molecule has 6 nitrogen and oxygen atoms in total. The second-order valence-electron chi connectivity index (χ2n) is 5.77. The van der Waals surface area contributed by atoms with Crippen LogP contribution in [0, 0.1) is 11.8 Å². The van der Waals surface area contributed by atoms with E-state index in [1.165, 1.54) is 18.6 Å². The van der Waals surface area contributed by atoms with E-state index in [0.717, 1.165) is 31.5 Å². The molecule has 6 heteroatoms. The Morgan fingerprint density at radius 1 is 1.40 bits per heavy atom. The van der Waals surface area contributed by atoms with Crippen molar-refractivity contribution in [3.8, 4) is 0 Å². The van der Waals surface area contributed by atoms with E-state index in [4.69, 9.17) is 0 Å². The lowest BCUT2D eigenvalue weighted by Gasteiger charge is -2.34. The molecule has 20 heavy (non-hydrogen) atoms. The predicted molar refractivity (Wildman–Crippen MR) is 76.6 cm³/mol. The van der Waals surface area contributed by atoms with E-state index >= 15 is 0 Å². The average Bonchev–Trinajstić information content (AvgIpc) is 2.38. The Hall–Kier alpha value is -1.69. The van der Waals surface area contributed by atoms with Gasteiger partial charge in [0.05, 0.1) is 0 Å². The van der Waals surface area contributed by atoms with Crippen LogP contribution in [-0.4, -0.2) is 47.2 Å². The van der Waals surface area contributed by atoms with Gasteiger partial charge < -0.3 is 10.2 Å². The maximum Gasteiger partial charge on any atom is 0.271 e. The van der Waals surface area contributed by atoms with E-state index in [2.05, 4.69) is 34.3 Å². The number of hydrogen-bond donors (Lipinski definition) is 2. The van der Waals surface area contributed by atoms with Gasteiger partial charge in [0.15, 0.2) is 0 Å². The number of carbonyl (C=O) groups is 1. The minimum absolute atomic E-state index is 0.241. The number of aromatic nitrogens is 2. The summed E-state index contributed by atoms with van der Waals surface area (Å²) < 4.78 is 0. The van der Waals surface area contributed by atoms with Gasteiger partial charge in [-0.3, -0.25) is 9.59 Å². The van der Waals surface area contributed by atoms with Crippen molar-refractivity contribution >= 4 is 5.91 Å².